The second kappa shape index (κ2) is 6.44. The van der Waals surface area contributed by atoms with Crippen LogP contribution >= 0.6 is 0 Å². The van der Waals surface area contributed by atoms with E-state index in [0.717, 1.165) is 6.42 Å². The molecule has 0 rings (SSSR count). The largest absolute Gasteiger partial charge is 0.480 e. The third kappa shape index (κ3) is 5.67. The summed E-state index contributed by atoms with van der Waals surface area (Å²) in [6.07, 6.45) is 1.78. The molecule has 0 radical (unpaired) electrons. The number of carbonyl (C=O) groups is 2. The van der Waals surface area contributed by atoms with Crippen LogP contribution in [0, 0.1) is 0 Å². The molecular formula is C10H21N3O3. The van der Waals surface area contributed by atoms with Crippen molar-refractivity contribution in [3.63, 3.8) is 0 Å². The van der Waals surface area contributed by atoms with E-state index in [2.05, 4.69) is 5.32 Å². The number of aliphatic carboxylic acids is 1. The zero-order valence-electron chi connectivity index (χ0n) is 9.82. The first kappa shape index (κ1) is 14.9. The summed E-state index contributed by atoms with van der Waals surface area (Å²) in [5.74, 6) is -1.51. The van der Waals surface area contributed by atoms with Gasteiger partial charge in [-0.1, -0.05) is 0 Å². The molecule has 0 saturated carbocycles. The van der Waals surface area contributed by atoms with E-state index in [-0.39, 0.29) is 0 Å². The Morgan fingerprint density at radius 1 is 1.38 bits per heavy atom. The molecule has 94 valence electrons. The van der Waals surface area contributed by atoms with Crippen molar-refractivity contribution in [3.05, 3.63) is 0 Å². The molecule has 0 heterocycles. The number of nitrogens with two attached hydrogens (primary N) is 2. The van der Waals surface area contributed by atoms with Gasteiger partial charge in [0.2, 0.25) is 5.91 Å². The van der Waals surface area contributed by atoms with Gasteiger partial charge in [0.1, 0.15) is 6.04 Å². The van der Waals surface area contributed by atoms with Crippen molar-refractivity contribution < 1.29 is 14.7 Å². The minimum absolute atomic E-state index is 0.369. The molecule has 6 nitrogen and oxygen atoms in total. The van der Waals surface area contributed by atoms with Crippen LogP contribution in [0.1, 0.15) is 33.1 Å². The Kier molecular flexibility index (Phi) is 5.98. The van der Waals surface area contributed by atoms with Crippen LogP contribution in [-0.4, -0.2) is 35.1 Å². The predicted octanol–water partition coefficient (Wildman–Crippen LogP) is -0.578. The first-order chi connectivity index (χ1) is 7.29. The normalized spacial score (nSPS) is 13.2. The molecule has 0 aromatic carbocycles. The lowest BCUT2D eigenvalue weighted by Crippen LogP contribution is -2.54. The summed E-state index contributed by atoms with van der Waals surface area (Å²) in [4.78, 5) is 22.4. The number of carboxylic acids is 1. The van der Waals surface area contributed by atoms with E-state index in [1.54, 1.807) is 0 Å². The van der Waals surface area contributed by atoms with Crippen LogP contribution in [0.2, 0.25) is 0 Å². The van der Waals surface area contributed by atoms with E-state index in [0.29, 0.717) is 19.4 Å². The number of rotatable bonds is 7. The maximum absolute atomic E-state index is 11.5. The van der Waals surface area contributed by atoms with Gasteiger partial charge in [-0.25, -0.2) is 4.79 Å². The number of amides is 1. The lowest BCUT2D eigenvalue weighted by Gasteiger charge is -2.21. The Bertz CT molecular complexity index is 248. The van der Waals surface area contributed by atoms with Crippen LogP contribution in [0.3, 0.4) is 0 Å². The van der Waals surface area contributed by atoms with E-state index >= 15 is 0 Å². The van der Waals surface area contributed by atoms with Gasteiger partial charge in [0.25, 0.3) is 0 Å². The molecule has 0 aliphatic heterocycles. The molecule has 16 heavy (non-hydrogen) atoms. The summed E-state index contributed by atoms with van der Waals surface area (Å²) in [6.45, 7) is 3.57. The maximum Gasteiger partial charge on any atom is 0.326 e. The fourth-order valence-corrected chi connectivity index (χ4v) is 1.09. The Labute approximate surface area is 95.4 Å². The first-order valence-corrected chi connectivity index (χ1v) is 5.31. The van der Waals surface area contributed by atoms with Crippen molar-refractivity contribution in [2.24, 2.45) is 11.5 Å². The standard InChI is InChI=1S/C10H21N3O3/c1-10(2,12)9(16)13-7(8(14)15)5-3-4-6-11/h7H,3-6,11-12H2,1-2H3,(H,13,16)(H,14,15)/t7-/m0/s1. The molecule has 0 bridgehead atoms. The Hall–Kier alpha value is -1.14. The van der Waals surface area contributed by atoms with Crippen LogP contribution in [0.5, 0.6) is 0 Å². The van der Waals surface area contributed by atoms with Crippen LogP contribution in [0.4, 0.5) is 0 Å². The van der Waals surface area contributed by atoms with Gasteiger partial charge in [-0.2, -0.15) is 0 Å². The average Bonchev–Trinajstić information content (AvgIpc) is 2.14. The third-order valence-corrected chi connectivity index (χ3v) is 2.14. The van der Waals surface area contributed by atoms with Gasteiger partial charge < -0.3 is 21.9 Å². The van der Waals surface area contributed by atoms with Crippen molar-refractivity contribution >= 4 is 11.9 Å². The second-order valence-corrected chi connectivity index (χ2v) is 4.37. The average molecular weight is 231 g/mol. The fraction of sp³-hybridized carbons (Fsp3) is 0.800. The highest BCUT2D eigenvalue weighted by atomic mass is 16.4. The van der Waals surface area contributed by atoms with Crippen molar-refractivity contribution in [2.75, 3.05) is 6.54 Å². The van der Waals surface area contributed by atoms with Crippen LogP contribution in [0.15, 0.2) is 0 Å². The fourth-order valence-electron chi connectivity index (χ4n) is 1.09. The molecule has 1 amide bonds. The lowest BCUT2D eigenvalue weighted by molar-refractivity contribution is -0.142. The van der Waals surface area contributed by atoms with Gasteiger partial charge in [0.05, 0.1) is 5.54 Å². The highest BCUT2D eigenvalue weighted by molar-refractivity contribution is 5.89. The SMILES string of the molecule is CC(C)(N)C(=O)N[C@@H](CCCCN)C(=O)O. The van der Waals surface area contributed by atoms with Gasteiger partial charge in [0.15, 0.2) is 0 Å². The van der Waals surface area contributed by atoms with E-state index in [9.17, 15) is 9.59 Å². The Morgan fingerprint density at radius 3 is 2.31 bits per heavy atom. The monoisotopic (exact) mass is 231 g/mol. The van der Waals surface area contributed by atoms with Crippen LogP contribution < -0.4 is 16.8 Å². The molecule has 0 aromatic heterocycles. The van der Waals surface area contributed by atoms with Crippen LogP contribution in [-0.2, 0) is 9.59 Å². The molecular weight excluding hydrogens is 210 g/mol. The summed E-state index contributed by atoms with van der Waals surface area (Å²) < 4.78 is 0. The molecule has 0 aliphatic rings. The van der Waals surface area contributed by atoms with Gasteiger partial charge in [-0.3, -0.25) is 4.79 Å². The highest BCUT2D eigenvalue weighted by Crippen LogP contribution is 2.03. The summed E-state index contributed by atoms with van der Waals surface area (Å²) in [7, 11) is 0. The molecule has 0 saturated heterocycles. The summed E-state index contributed by atoms with van der Waals surface area (Å²) in [5.41, 5.74) is 9.80. The molecule has 0 fully saturated rings. The first-order valence-electron chi connectivity index (χ1n) is 5.31. The number of hydrogen-bond acceptors (Lipinski definition) is 4. The minimum Gasteiger partial charge on any atom is -0.480 e. The number of nitrogens with one attached hydrogen (secondary N) is 1. The molecule has 0 spiro atoms. The van der Waals surface area contributed by atoms with Gasteiger partial charge in [0, 0.05) is 0 Å². The van der Waals surface area contributed by atoms with Crippen LogP contribution in [0.25, 0.3) is 0 Å². The van der Waals surface area contributed by atoms with Crippen molar-refractivity contribution in [3.8, 4) is 0 Å². The third-order valence-electron chi connectivity index (χ3n) is 2.14. The van der Waals surface area contributed by atoms with Gasteiger partial charge >= 0.3 is 5.97 Å². The molecule has 0 aromatic rings. The van der Waals surface area contributed by atoms with E-state index < -0.39 is 23.5 Å². The highest BCUT2D eigenvalue weighted by Gasteiger charge is 2.27. The van der Waals surface area contributed by atoms with E-state index in [4.69, 9.17) is 16.6 Å². The number of carboxylic acid groups (broad SMARTS) is 1. The molecule has 1 atom stereocenters. The number of hydrogen-bond donors (Lipinski definition) is 4. The Morgan fingerprint density at radius 2 is 1.94 bits per heavy atom. The zero-order chi connectivity index (χ0) is 12.8. The quantitative estimate of drug-likeness (QED) is 0.437. The Balaban J connectivity index is 4.24. The number of unbranched alkanes of at least 4 members (excludes halogenated alkanes) is 1. The van der Waals surface area contributed by atoms with Crippen molar-refractivity contribution in [1.82, 2.24) is 5.32 Å². The summed E-state index contributed by atoms with van der Waals surface area (Å²) in [6, 6.07) is -0.887. The molecule has 0 unspecified atom stereocenters. The molecule has 6 N–H and O–H groups in total. The van der Waals surface area contributed by atoms with E-state index in [1.165, 1.54) is 13.8 Å². The maximum atomic E-state index is 11.5. The predicted molar refractivity (Wildman–Crippen MR) is 60.7 cm³/mol. The topological polar surface area (TPSA) is 118 Å². The van der Waals surface area contributed by atoms with E-state index in [1.807, 2.05) is 0 Å². The lowest BCUT2D eigenvalue weighted by atomic mass is 10.0. The number of carbonyl (C=O) groups excluding carboxylic acids is 1. The smallest absolute Gasteiger partial charge is 0.326 e. The molecule has 0 aliphatic carbocycles. The van der Waals surface area contributed by atoms with Gasteiger partial charge in [-0.05, 0) is 39.7 Å². The van der Waals surface area contributed by atoms with Gasteiger partial charge in [-0.15, -0.1) is 0 Å². The zero-order valence-corrected chi connectivity index (χ0v) is 9.82. The second-order valence-electron chi connectivity index (χ2n) is 4.37. The summed E-state index contributed by atoms with van der Waals surface area (Å²) >= 11 is 0. The van der Waals surface area contributed by atoms with Crippen molar-refractivity contribution in [2.45, 2.75) is 44.7 Å². The molecule has 6 heteroatoms. The van der Waals surface area contributed by atoms with Crippen molar-refractivity contribution in [1.29, 1.82) is 0 Å². The summed E-state index contributed by atoms with van der Waals surface area (Å²) in [5, 5.41) is 11.3. The minimum atomic E-state index is -1.07.